The summed E-state index contributed by atoms with van der Waals surface area (Å²) in [6.45, 7) is 0. The average Bonchev–Trinajstić information content (AvgIpc) is 3.09. The van der Waals surface area contributed by atoms with E-state index in [1.807, 2.05) is 41.0 Å². The Hall–Kier alpha value is -2.67. The molecule has 0 unspecified atom stereocenters. The molecule has 0 bridgehead atoms. The molecule has 0 fully saturated rings. The van der Waals surface area contributed by atoms with Gasteiger partial charge in [-0.3, -0.25) is 9.36 Å². The van der Waals surface area contributed by atoms with Crippen molar-refractivity contribution in [3.8, 4) is 17.1 Å². The van der Waals surface area contributed by atoms with Gasteiger partial charge in [0.05, 0.1) is 0 Å². The number of nitrogens with zero attached hydrogens (tertiary/aromatic N) is 3. The summed E-state index contributed by atoms with van der Waals surface area (Å²) in [7, 11) is 0. The molecule has 27 heavy (non-hydrogen) atoms. The quantitative estimate of drug-likeness (QED) is 0.423. The molecule has 3 aromatic rings. The first kappa shape index (κ1) is 19.1. The number of aliphatic carboxylic acids is 1. The van der Waals surface area contributed by atoms with Crippen molar-refractivity contribution in [3.05, 3.63) is 60.4 Å². The average molecular weight is 385 g/mol. The van der Waals surface area contributed by atoms with Gasteiger partial charge < -0.3 is 5.11 Å². The number of para-hydroxylation sites is 1. The van der Waals surface area contributed by atoms with E-state index in [0.29, 0.717) is 17.8 Å². The van der Waals surface area contributed by atoms with E-state index in [0.717, 1.165) is 29.4 Å². The molecule has 5 nitrogen and oxygen atoms in total. The lowest BCUT2D eigenvalue weighted by molar-refractivity contribution is -0.137. The van der Waals surface area contributed by atoms with Crippen molar-refractivity contribution in [1.82, 2.24) is 14.8 Å². The van der Waals surface area contributed by atoms with Crippen LogP contribution in [0.1, 0.15) is 25.7 Å². The van der Waals surface area contributed by atoms with Crippen LogP contribution in [0, 0.1) is 5.82 Å². The van der Waals surface area contributed by atoms with E-state index in [9.17, 15) is 9.18 Å². The standard InChI is InChI=1S/C20H20FN3O2S/c21-16-9-7-8-15(14-16)19-22-23-20(24(19)17-10-3-1-4-11-17)27-13-6-2-5-12-18(25)26/h1,3-4,7-11,14H,2,5-6,12-13H2,(H,25,26). The Morgan fingerprint density at radius 1 is 1.04 bits per heavy atom. The van der Waals surface area contributed by atoms with Gasteiger partial charge in [-0.05, 0) is 37.1 Å². The minimum atomic E-state index is -0.758. The molecule has 0 aliphatic heterocycles. The Bertz CT molecular complexity index is 899. The van der Waals surface area contributed by atoms with Gasteiger partial charge in [-0.25, -0.2) is 4.39 Å². The van der Waals surface area contributed by atoms with E-state index in [1.54, 1.807) is 17.8 Å². The molecule has 0 aliphatic carbocycles. The van der Waals surface area contributed by atoms with E-state index >= 15 is 0 Å². The molecule has 2 aromatic carbocycles. The van der Waals surface area contributed by atoms with Gasteiger partial charge in [-0.2, -0.15) is 0 Å². The minimum Gasteiger partial charge on any atom is -0.481 e. The molecule has 140 valence electrons. The van der Waals surface area contributed by atoms with E-state index in [1.165, 1.54) is 12.1 Å². The van der Waals surface area contributed by atoms with Crippen LogP contribution in [0.2, 0.25) is 0 Å². The molecular formula is C20H20FN3O2S. The van der Waals surface area contributed by atoms with E-state index in [-0.39, 0.29) is 12.2 Å². The third kappa shape index (κ3) is 5.17. The summed E-state index contributed by atoms with van der Waals surface area (Å²) >= 11 is 1.57. The monoisotopic (exact) mass is 385 g/mol. The summed E-state index contributed by atoms with van der Waals surface area (Å²) in [5, 5.41) is 18.0. The normalized spacial score (nSPS) is 10.9. The fourth-order valence-electron chi connectivity index (χ4n) is 2.71. The topological polar surface area (TPSA) is 68.0 Å². The highest BCUT2D eigenvalue weighted by molar-refractivity contribution is 7.99. The number of carboxylic acid groups (broad SMARTS) is 1. The maximum atomic E-state index is 13.7. The zero-order valence-electron chi connectivity index (χ0n) is 14.7. The molecule has 1 aromatic heterocycles. The zero-order valence-corrected chi connectivity index (χ0v) is 15.5. The van der Waals surface area contributed by atoms with Crippen LogP contribution in [0.4, 0.5) is 4.39 Å². The molecule has 7 heteroatoms. The highest BCUT2D eigenvalue weighted by Gasteiger charge is 2.16. The van der Waals surface area contributed by atoms with Crippen molar-refractivity contribution < 1.29 is 14.3 Å². The molecule has 0 spiro atoms. The number of carboxylic acids is 1. The van der Waals surface area contributed by atoms with Crippen molar-refractivity contribution in [1.29, 1.82) is 0 Å². The van der Waals surface area contributed by atoms with Crippen LogP contribution in [0.15, 0.2) is 59.8 Å². The van der Waals surface area contributed by atoms with Gasteiger partial charge in [0.2, 0.25) is 0 Å². The molecule has 1 heterocycles. The Morgan fingerprint density at radius 3 is 2.59 bits per heavy atom. The third-order valence-electron chi connectivity index (χ3n) is 4.00. The van der Waals surface area contributed by atoms with Crippen molar-refractivity contribution in [2.75, 3.05) is 5.75 Å². The summed E-state index contributed by atoms with van der Waals surface area (Å²) in [6, 6.07) is 16.0. The van der Waals surface area contributed by atoms with Crippen molar-refractivity contribution in [3.63, 3.8) is 0 Å². The van der Waals surface area contributed by atoms with Crippen LogP contribution in [0.3, 0.4) is 0 Å². The molecule has 0 atom stereocenters. The first-order valence-corrected chi connectivity index (χ1v) is 9.75. The number of rotatable bonds is 9. The van der Waals surface area contributed by atoms with Crippen molar-refractivity contribution in [2.45, 2.75) is 30.8 Å². The maximum absolute atomic E-state index is 13.7. The summed E-state index contributed by atoms with van der Waals surface area (Å²) < 4.78 is 15.6. The summed E-state index contributed by atoms with van der Waals surface area (Å²) in [5.41, 5.74) is 1.58. The predicted molar refractivity (Wildman–Crippen MR) is 104 cm³/mol. The van der Waals surface area contributed by atoms with Gasteiger partial charge in [-0.1, -0.05) is 48.5 Å². The Kier molecular flexibility index (Phi) is 6.59. The van der Waals surface area contributed by atoms with Crippen LogP contribution in [-0.4, -0.2) is 31.6 Å². The molecule has 0 saturated heterocycles. The molecule has 0 saturated carbocycles. The summed E-state index contributed by atoms with van der Waals surface area (Å²) in [4.78, 5) is 10.6. The van der Waals surface area contributed by atoms with Crippen LogP contribution >= 0.6 is 11.8 Å². The SMILES string of the molecule is O=C(O)CCCCCSc1nnc(-c2cccc(F)c2)n1-c1ccccc1. The van der Waals surface area contributed by atoms with E-state index in [4.69, 9.17) is 5.11 Å². The number of carbonyl (C=O) groups is 1. The van der Waals surface area contributed by atoms with Gasteiger partial charge in [0.15, 0.2) is 11.0 Å². The fraction of sp³-hybridized carbons (Fsp3) is 0.250. The number of hydrogen-bond acceptors (Lipinski definition) is 4. The van der Waals surface area contributed by atoms with Gasteiger partial charge in [0.25, 0.3) is 0 Å². The first-order chi connectivity index (χ1) is 13.1. The molecule has 0 aliphatic rings. The van der Waals surface area contributed by atoms with Gasteiger partial charge >= 0.3 is 5.97 Å². The number of unbranched alkanes of at least 4 members (excludes halogenated alkanes) is 2. The number of benzene rings is 2. The molecule has 1 N–H and O–H groups in total. The van der Waals surface area contributed by atoms with E-state index in [2.05, 4.69) is 10.2 Å². The Labute approximate surface area is 161 Å². The Morgan fingerprint density at radius 2 is 1.85 bits per heavy atom. The predicted octanol–water partition coefficient (Wildman–Crippen LogP) is 4.81. The van der Waals surface area contributed by atoms with Crippen LogP contribution in [-0.2, 0) is 4.79 Å². The highest BCUT2D eigenvalue weighted by Crippen LogP contribution is 2.28. The minimum absolute atomic E-state index is 0.203. The number of thioether (sulfide) groups is 1. The Balaban J connectivity index is 1.79. The van der Waals surface area contributed by atoms with Crippen molar-refractivity contribution in [2.24, 2.45) is 0 Å². The lowest BCUT2D eigenvalue weighted by atomic mass is 10.2. The lowest BCUT2D eigenvalue weighted by Crippen LogP contribution is -2.00. The second-order valence-corrected chi connectivity index (χ2v) is 7.10. The molecule has 0 radical (unpaired) electrons. The second kappa shape index (κ2) is 9.32. The molecule has 0 amide bonds. The van der Waals surface area contributed by atoms with Gasteiger partial charge in [-0.15, -0.1) is 10.2 Å². The fourth-order valence-corrected chi connectivity index (χ4v) is 3.66. The zero-order chi connectivity index (χ0) is 19.1. The highest BCUT2D eigenvalue weighted by atomic mass is 32.2. The summed E-state index contributed by atoms with van der Waals surface area (Å²) in [5.74, 6) is 0.330. The largest absolute Gasteiger partial charge is 0.481 e. The summed E-state index contributed by atoms with van der Waals surface area (Å²) in [6.07, 6.45) is 2.63. The molecular weight excluding hydrogens is 365 g/mol. The first-order valence-electron chi connectivity index (χ1n) is 8.76. The maximum Gasteiger partial charge on any atom is 0.303 e. The smallest absolute Gasteiger partial charge is 0.303 e. The lowest BCUT2D eigenvalue weighted by Gasteiger charge is -2.10. The van der Waals surface area contributed by atoms with Crippen molar-refractivity contribution >= 4 is 17.7 Å². The van der Waals surface area contributed by atoms with Crippen LogP contribution < -0.4 is 0 Å². The van der Waals surface area contributed by atoms with Gasteiger partial charge in [0.1, 0.15) is 5.82 Å². The third-order valence-corrected chi connectivity index (χ3v) is 5.01. The number of hydrogen-bond donors (Lipinski definition) is 1. The van der Waals surface area contributed by atoms with E-state index < -0.39 is 5.97 Å². The van der Waals surface area contributed by atoms with Crippen LogP contribution in [0.25, 0.3) is 17.1 Å². The molecule has 3 rings (SSSR count). The number of halogens is 1. The number of aromatic nitrogens is 3. The van der Waals surface area contributed by atoms with Crippen LogP contribution in [0.5, 0.6) is 0 Å². The van der Waals surface area contributed by atoms with Gasteiger partial charge in [0, 0.05) is 23.4 Å². The second-order valence-electron chi connectivity index (χ2n) is 6.04.